The van der Waals surface area contributed by atoms with Crippen molar-refractivity contribution < 1.29 is 9.59 Å². The summed E-state index contributed by atoms with van der Waals surface area (Å²) in [5.74, 6) is -0.131. The van der Waals surface area contributed by atoms with Crippen molar-refractivity contribution in [2.45, 2.75) is 33.1 Å². The largest absolute Gasteiger partial charge is 0.326 e. The van der Waals surface area contributed by atoms with Gasteiger partial charge in [0.05, 0.1) is 16.6 Å². The standard InChI is InChI=1S/C19H20N4O2S/c1-3-4-17(24)23-19-22-15-6-5-14(10-16(15)26-19)21-18(25)9-13-11-20-8-7-12(13)2/h5-8,10-11H,3-4,9H2,1-2H3,(H,21,25)(H,22,23,24). The van der Waals surface area contributed by atoms with Gasteiger partial charge in [-0.2, -0.15) is 0 Å². The molecule has 0 aliphatic heterocycles. The first kappa shape index (κ1) is 18.0. The van der Waals surface area contributed by atoms with Gasteiger partial charge in [0.2, 0.25) is 11.8 Å². The highest BCUT2D eigenvalue weighted by atomic mass is 32.1. The SMILES string of the molecule is CCCC(=O)Nc1nc2ccc(NC(=O)Cc3cnccc3C)cc2s1. The number of aromatic nitrogens is 2. The Morgan fingerprint density at radius 3 is 2.77 bits per heavy atom. The zero-order valence-electron chi connectivity index (χ0n) is 14.7. The van der Waals surface area contributed by atoms with Crippen LogP contribution < -0.4 is 10.6 Å². The zero-order valence-corrected chi connectivity index (χ0v) is 15.5. The molecule has 0 bridgehead atoms. The average Bonchev–Trinajstić information content (AvgIpc) is 2.98. The summed E-state index contributed by atoms with van der Waals surface area (Å²) >= 11 is 1.39. The van der Waals surface area contributed by atoms with Crippen molar-refractivity contribution >= 4 is 44.2 Å². The second-order valence-electron chi connectivity index (χ2n) is 6.03. The van der Waals surface area contributed by atoms with E-state index >= 15 is 0 Å². The molecule has 0 spiro atoms. The number of hydrogen-bond donors (Lipinski definition) is 2. The summed E-state index contributed by atoms with van der Waals surface area (Å²) in [7, 11) is 0. The summed E-state index contributed by atoms with van der Waals surface area (Å²) in [6, 6.07) is 7.41. The number of nitrogens with one attached hydrogen (secondary N) is 2. The maximum absolute atomic E-state index is 12.3. The number of aryl methyl sites for hydroxylation is 1. The highest BCUT2D eigenvalue weighted by molar-refractivity contribution is 7.22. The van der Waals surface area contributed by atoms with Gasteiger partial charge in [0.15, 0.2) is 5.13 Å². The van der Waals surface area contributed by atoms with Gasteiger partial charge < -0.3 is 10.6 Å². The number of pyridine rings is 1. The normalized spacial score (nSPS) is 10.7. The Balaban J connectivity index is 1.69. The van der Waals surface area contributed by atoms with Crippen LogP contribution in [-0.2, 0) is 16.0 Å². The van der Waals surface area contributed by atoms with Crippen LogP contribution in [-0.4, -0.2) is 21.8 Å². The van der Waals surface area contributed by atoms with Gasteiger partial charge in [-0.3, -0.25) is 14.6 Å². The Kier molecular flexibility index (Phi) is 5.58. The van der Waals surface area contributed by atoms with Crippen molar-refractivity contribution in [3.05, 3.63) is 47.8 Å². The third-order valence-electron chi connectivity index (χ3n) is 3.89. The second kappa shape index (κ2) is 8.05. The minimum atomic E-state index is -0.0959. The van der Waals surface area contributed by atoms with Crippen molar-refractivity contribution in [1.29, 1.82) is 0 Å². The number of carbonyl (C=O) groups is 2. The molecule has 0 fully saturated rings. The quantitative estimate of drug-likeness (QED) is 0.691. The predicted octanol–water partition coefficient (Wildman–Crippen LogP) is 3.92. The van der Waals surface area contributed by atoms with Crippen molar-refractivity contribution in [1.82, 2.24) is 9.97 Å². The molecule has 6 nitrogen and oxygen atoms in total. The molecule has 2 aromatic heterocycles. The number of benzene rings is 1. The molecule has 26 heavy (non-hydrogen) atoms. The summed E-state index contributed by atoms with van der Waals surface area (Å²) in [4.78, 5) is 32.4. The van der Waals surface area contributed by atoms with Crippen LogP contribution in [0.2, 0.25) is 0 Å². The molecule has 7 heteroatoms. The first-order chi connectivity index (χ1) is 12.5. The van der Waals surface area contributed by atoms with Crippen LogP contribution in [0, 0.1) is 6.92 Å². The maximum atomic E-state index is 12.3. The molecule has 0 aliphatic rings. The summed E-state index contributed by atoms with van der Waals surface area (Å²) < 4.78 is 0.909. The Labute approximate surface area is 155 Å². The van der Waals surface area contributed by atoms with E-state index in [4.69, 9.17) is 0 Å². The van der Waals surface area contributed by atoms with Gasteiger partial charge in [0, 0.05) is 24.5 Å². The van der Waals surface area contributed by atoms with Crippen LogP contribution in [0.4, 0.5) is 10.8 Å². The lowest BCUT2D eigenvalue weighted by atomic mass is 10.1. The monoisotopic (exact) mass is 368 g/mol. The Bertz CT molecular complexity index is 952. The molecular weight excluding hydrogens is 348 g/mol. The number of hydrogen-bond acceptors (Lipinski definition) is 5. The fourth-order valence-corrected chi connectivity index (χ4v) is 3.45. The van der Waals surface area contributed by atoms with Gasteiger partial charge in [-0.05, 0) is 48.7 Å². The number of anilines is 2. The van der Waals surface area contributed by atoms with Crippen molar-refractivity contribution in [3.8, 4) is 0 Å². The highest BCUT2D eigenvalue weighted by Crippen LogP contribution is 2.28. The minimum Gasteiger partial charge on any atom is -0.326 e. The molecule has 0 aliphatic carbocycles. The van der Waals surface area contributed by atoms with Crippen LogP contribution in [0.1, 0.15) is 30.9 Å². The number of rotatable bonds is 6. The van der Waals surface area contributed by atoms with Gasteiger partial charge in [-0.25, -0.2) is 4.98 Å². The molecule has 0 unspecified atom stereocenters. The van der Waals surface area contributed by atoms with E-state index < -0.39 is 0 Å². The third kappa shape index (κ3) is 4.43. The van der Waals surface area contributed by atoms with Gasteiger partial charge in [0.1, 0.15) is 0 Å². The maximum Gasteiger partial charge on any atom is 0.228 e. The topological polar surface area (TPSA) is 84.0 Å². The van der Waals surface area contributed by atoms with Crippen LogP contribution in [0.15, 0.2) is 36.7 Å². The number of amides is 2. The van der Waals surface area contributed by atoms with E-state index in [1.165, 1.54) is 11.3 Å². The highest BCUT2D eigenvalue weighted by Gasteiger charge is 2.10. The molecular formula is C19H20N4O2S. The number of fused-ring (bicyclic) bond motifs is 1. The van der Waals surface area contributed by atoms with Crippen LogP contribution in [0.25, 0.3) is 10.2 Å². The summed E-state index contributed by atoms with van der Waals surface area (Å²) in [6.07, 6.45) is 4.98. The first-order valence-corrected chi connectivity index (χ1v) is 9.26. The lowest BCUT2D eigenvalue weighted by molar-refractivity contribution is -0.116. The summed E-state index contributed by atoms with van der Waals surface area (Å²) in [5.41, 5.74) is 3.45. The molecule has 2 heterocycles. The zero-order chi connectivity index (χ0) is 18.5. The van der Waals surface area contributed by atoms with Crippen LogP contribution >= 0.6 is 11.3 Å². The van der Waals surface area contributed by atoms with Crippen LogP contribution in [0.5, 0.6) is 0 Å². The van der Waals surface area contributed by atoms with Gasteiger partial charge >= 0.3 is 0 Å². The van der Waals surface area contributed by atoms with Gasteiger partial charge in [-0.1, -0.05) is 18.3 Å². The third-order valence-corrected chi connectivity index (χ3v) is 4.83. The van der Waals surface area contributed by atoms with E-state index in [0.29, 0.717) is 17.2 Å². The fourth-order valence-electron chi connectivity index (χ4n) is 2.52. The van der Waals surface area contributed by atoms with Crippen molar-refractivity contribution in [3.63, 3.8) is 0 Å². The Morgan fingerprint density at radius 1 is 1.15 bits per heavy atom. The molecule has 3 aromatic rings. The Morgan fingerprint density at radius 2 is 2.00 bits per heavy atom. The van der Waals surface area contributed by atoms with E-state index in [-0.39, 0.29) is 18.2 Å². The van der Waals surface area contributed by atoms with E-state index in [1.54, 1.807) is 12.4 Å². The van der Waals surface area contributed by atoms with Crippen LogP contribution in [0.3, 0.4) is 0 Å². The number of carbonyl (C=O) groups excluding carboxylic acids is 2. The first-order valence-electron chi connectivity index (χ1n) is 8.45. The molecule has 0 saturated heterocycles. The van der Waals surface area contributed by atoms with E-state index in [0.717, 1.165) is 27.8 Å². The van der Waals surface area contributed by atoms with E-state index in [9.17, 15) is 9.59 Å². The molecule has 2 amide bonds. The summed E-state index contributed by atoms with van der Waals surface area (Å²) in [5, 5.41) is 6.29. The Hall–Kier alpha value is -2.80. The fraction of sp³-hybridized carbons (Fsp3) is 0.263. The second-order valence-corrected chi connectivity index (χ2v) is 7.06. The van der Waals surface area contributed by atoms with E-state index in [1.807, 2.05) is 38.1 Å². The van der Waals surface area contributed by atoms with Crippen molar-refractivity contribution in [2.75, 3.05) is 10.6 Å². The molecule has 1 aromatic carbocycles. The molecule has 134 valence electrons. The minimum absolute atomic E-state index is 0.0353. The molecule has 0 saturated carbocycles. The van der Waals surface area contributed by atoms with Gasteiger partial charge in [-0.15, -0.1) is 0 Å². The lowest BCUT2D eigenvalue weighted by Crippen LogP contribution is -2.15. The lowest BCUT2D eigenvalue weighted by Gasteiger charge is -2.07. The molecule has 2 N–H and O–H groups in total. The average molecular weight is 368 g/mol. The smallest absolute Gasteiger partial charge is 0.228 e. The van der Waals surface area contributed by atoms with E-state index in [2.05, 4.69) is 20.6 Å². The summed E-state index contributed by atoms with van der Waals surface area (Å²) in [6.45, 7) is 3.92. The molecule has 3 rings (SSSR count). The molecule has 0 radical (unpaired) electrons. The predicted molar refractivity (Wildman–Crippen MR) is 104 cm³/mol. The van der Waals surface area contributed by atoms with Crippen molar-refractivity contribution in [2.24, 2.45) is 0 Å². The van der Waals surface area contributed by atoms with Gasteiger partial charge in [0.25, 0.3) is 0 Å². The molecule has 0 atom stereocenters. The number of thiazole rings is 1. The number of nitrogens with zero attached hydrogens (tertiary/aromatic N) is 2.